The highest BCUT2D eigenvalue weighted by Gasteiger charge is 2.25. The van der Waals surface area contributed by atoms with Crippen LogP contribution in [0.3, 0.4) is 0 Å². The number of fused-ring (bicyclic) bond motifs is 1. The van der Waals surface area contributed by atoms with E-state index in [0.717, 1.165) is 21.4 Å². The molecule has 4 heteroatoms. The topological polar surface area (TPSA) is 32.3 Å². The van der Waals surface area contributed by atoms with Gasteiger partial charge in [0.25, 0.3) is 0 Å². The second kappa shape index (κ2) is 4.09. The van der Waals surface area contributed by atoms with Crippen molar-refractivity contribution in [1.29, 1.82) is 0 Å². The van der Waals surface area contributed by atoms with Crippen molar-refractivity contribution in [2.45, 2.75) is 13.8 Å². The van der Waals surface area contributed by atoms with E-state index in [1.54, 1.807) is 4.90 Å². The maximum Gasteiger partial charge on any atom is 0.231 e. The summed E-state index contributed by atoms with van der Waals surface area (Å²) in [4.78, 5) is 13.8. The first-order valence-corrected chi connectivity index (χ1v) is 6.11. The van der Waals surface area contributed by atoms with E-state index in [-0.39, 0.29) is 11.8 Å². The number of carbonyl (C=O) groups is 1. The molecule has 1 heterocycles. The Morgan fingerprint density at radius 1 is 1.50 bits per heavy atom. The van der Waals surface area contributed by atoms with Gasteiger partial charge in [-0.1, -0.05) is 22.9 Å². The fraction of sp³-hybridized carbons (Fsp3) is 0.417. The van der Waals surface area contributed by atoms with Crippen molar-refractivity contribution in [3.05, 3.63) is 22.2 Å². The van der Waals surface area contributed by atoms with Gasteiger partial charge in [-0.05, 0) is 24.6 Å². The van der Waals surface area contributed by atoms with Crippen LogP contribution in [0.1, 0.15) is 12.5 Å². The van der Waals surface area contributed by atoms with Crippen LogP contribution in [0.5, 0.6) is 0 Å². The smallest absolute Gasteiger partial charge is 0.231 e. The van der Waals surface area contributed by atoms with E-state index in [2.05, 4.69) is 21.2 Å². The molecule has 1 N–H and O–H groups in total. The number of hydrogen-bond donors (Lipinski definition) is 1. The number of nitrogens with one attached hydrogen (secondary N) is 1. The Morgan fingerprint density at radius 2 is 2.19 bits per heavy atom. The number of hydrogen-bond acceptors (Lipinski definition) is 2. The molecular formula is C12H15BrN2O. The number of carbonyl (C=O) groups excluding carboxylic acids is 1. The first kappa shape index (κ1) is 11.5. The summed E-state index contributed by atoms with van der Waals surface area (Å²) in [5.41, 5.74) is 3.10. The third-order valence-corrected chi connectivity index (χ3v) is 3.41. The number of nitrogens with zero attached hydrogens (tertiary/aromatic N) is 1. The van der Waals surface area contributed by atoms with Crippen molar-refractivity contribution in [1.82, 2.24) is 0 Å². The fourth-order valence-electron chi connectivity index (χ4n) is 2.11. The Morgan fingerprint density at radius 3 is 2.88 bits per heavy atom. The summed E-state index contributed by atoms with van der Waals surface area (Å²) in [5, 5.41) is 3.32. The number of rotatable bonds is 0. The highest BCUT2D eigenvalue weighted by atomic mass is 79.9. The van der Waals surface area contributed by atoms with Crippen molar-refractivity contribution in [3.63, 3.8) is 0 Å². The van der Waals surface area contributed by atoms with Gasteiger partial charge in [0.2, 0.25) is 5.91 Å². The van der Waals surface area contributed by atoms with Crippen molar-refractivity contribution in [2.24, 2.45) is 5.92 Å². The first-order valence-electron chi connectivity index (χ1n) is 5.32. The van der Waals surface area contributed by atoms with Gasteiger partial charge in [0.05, 0.1) is 17.3 Å². The van der Waals surface area contributed by atoms with Crippen LogP contribution in [0.15, 0.2) is 16.6 Å². The lowest BCUT2D eigenvalue weighted by Crippen LogP contribution is -2.32. The molecule has 1 aromatic carbocycles. The number of benzene rings is 1. The average molecular weight is 283 g/mol. The molecule has 0 bridgehead atoms. The first-order chi connectivity index (χ1) is 7.50. The molecule has 0 saturated heterocycles. The zero-order valence-electron chi connectivity index (χ0n) is 9.67. The van der Waals surface area contributed by atoms with Gasteiger partial charge in [0.1, 0.15) is 0 Å². The monoisotopic (exact) mass is 282 g/mol. The Labute approximate surface area is 104 Å². The summed E-state index contributed by atoms with van der Waals surface area (Å²) in [6.45, 7) is 4.65. The van der Waals surface area contributed by atoms with E-state index in [9.17, 15) is 4.79 Å². The molecule has 1 aliphatic heterocycles. The van der Waals surface area contributed by atoms with E-state index < -0.39 is 0 Å². The molecule has 1 unspecified atom stereocenters. The number of halogens is 1. The predicted octanol–water partition coefficient (Wildman–Crippen LogP) is 2.78. The highest BCUT2D eigenvalue weighted by molar-refractivity contribution is 9.10. The summed E-state index contributed by atoms with van der Waals surface area (Å²) in [6.07, 6.45) is 0. The maximum atomic E-state index is 12.0. The van der Waals surface area contributed by atoms with Crippen molar-refractivity contribution < 1.29 is 4.79 Å². The van der Waals surface area contributed by atoms with Crippen LogP contribution < -0.4 is 10.2 Å². The van der Waals surface area contributed by atoms with Crippen LogP contribution in [-0.2, 0) is 4.79 Å². The average Bonchev–Trinajstić information content (AvgIpc) is 2.31. The fourth-order valence-corrected chi connectivity index (χ4v) is 2.68. The Balaban J connectivity index is 2.57. The highest BCUT2D eigenvalue weighted by Crippen LogP contribution is 2.35. The summed E-state index contributed by atoms with van der Waals surface area (Å²) >= 11 is 3.47. The second-order valence-electron chi connectivity index (χ2n) is 4.30. The largest absolute Gasteiger partial charge is 0.383 e. The zero-order valence-corrected chi connectivity index (χ0v) is 11.3. The van der Waals surface area contributed by atoms with Crippen LogP contribution in [0.2, 0.25) is 0 Å². The normalized spacial score (nSPS) is 20.1. The van der Waals surface area contributed by atoms with Gasteiger partial charge in [-0.15, -0.1) is 0 Å². The number of anilines is 2. The van der Waals surface area contributed by atoms with E-state index in [1.165, 1.54) is 0 Å². The van der Waals surface area contributed by atoms with Gasteiger partial charge in [-0.3, -0.25) is 4.79 Å². The number of amides is 1. The molecule has 0 spiro atoms. The molecule has 1 atom stereocenters. The van der Waals surface area contributed by atoms with E-state index >= 15 is 0 Å². The number of aryl methyl sites for hydroxylation is 1. The SMILES string of the molecule is Cc1cc(Br)cc2c1N(C)C(=O)C(C)CN2. The van der Waals surface area contributed by atoms with Crippen LogP contribution in [0.25, 0.3) is 0 Å². The van der Waals surface area contributed by atoms with Gasteiger partial charge < -0.3 is 10.2 Å². The van der Waals surface area contributed by atoms with Gasteiger partial charge in [-0.2, -0.15) is 0 Å². The summed E-state index contributed by atoms with van der Waals surface area (Å²) in [5.74, 6) is 0.173. The Kier molecular flexibility index (Phi) is 2.93. The van der Waals surface area contributed by atoms with E-state index in [1.807, 2.05) is 33.0 Å². The summed E-state index contributed by atoms with van der Waals surface area (Å²) in [7, 11) is 1.84. The van der Waals surface area contributed by atoms with E-state index in [4.69, 9.17) is 0 Å². The van der Waals surface area contributed by atoms with Crippen molar-refractivity contribution in [2.75, 3.05) is 23.8 Å². The molecule has 1 amide bonds. The lowest BCUT2D eigenvalue weighted by atomic mass is 10.1. The van der Waals surface area contributed by atoms with Gasteiger partial charge in [0, 0.05) is 18.1 Å². The van der Waals surface area contributed by atoms with Gasteiger partial charge in [-0.25, -0.2) is 0 Å². The molecule has 1 aliphatic rings. The third kappa shape index (κ3) is 1.82. The van der Waals surface area contributed by atoms with Crippen molar-refractivity contribution in [3.8, 4) is 0 Å². The molecule has 3 nitrogen and oxygen atoms in total. The molecule has 0 radical (unpaired) electrons. The summed E-state index contributed by atoms with van der Waals surface area (Å²) < 4.78 is 1.03. The molecule has 16 heavy (non-hydrogen) atoms. The van der Waals surface area contributed by atoms with Crippen LogP contribution in [0, 0.1) is 12.8 Å². The third-order valence-electron chi connectivity index (χ3n) is 2.95. The minimum absolute atomic E-state index is 0.00979. The predicted molar refractivity (Wildman–Crippen MR) is 69.9 cm³/mol. The Bertz CT molecular complexity index is 445. The molecule has 0 aliphatic carbocycles. The van der Waals surface area contributed by atoms with E-state index in [0.29, 0.717) is 6.54 Å². The minimum Gasteiger partial charge on any atom is -0.383 e. The van der Waals surface area contributed by atoms with Gasteiger partial charge >= 0.3 is 0 Å². The Hall–Kier alpha value is -1.03. The molecule has 1 aromatic rings. The molecule has 0 saturated carbocycles. The quantitative estimate of drug-likeness (QED) is 0.794. The maximum absolute atomic E-state index is 12.0. The lowest BCUT2D eigenvalue weighted by Gasteiger charge is -2.21. The molecule has 0 fully saturated rings. The molecule has 2 rings (SSSR count). The summed E-state index contributed by atoms with van der Waals surface area (Å²) in [6, 6.07) is 4.05. The second-order valence-corrected chi connectivity index (χ2v) is 5.21. The standard InChI is InChI=1S/C12H15BrN2O/c1-7-4-9(13)5-10-11(7)15(3)12(16)8(2)6-14-10/h4-5,8,14H,6H2,1-3H3. The van der Waals surface area contributed by atoms with Crippen LogP contribution in [0.4, 0.5) is 11.4 Å². The zero-order chi connectivity index (χ0) is 11.9. The van der Waals surface area contributed by atoms with Gasteiger partial charge in [0.15, 0.2) is 0 Å². The molecular weight excluding hydrogens is 268 g/mol. The lowest BCUT2D eigenvalue weighted by molar-refractivity contribution is -0.121. The minimum atomic E-state index is 0.00979. The van der Waals surface area contributed by atoms with Crippen LogP contribution in [-0.4, -0.2) is 19.5 Å². The molecule has 0 aromatic heterocycles. The van der Waals surface area contributed by atoms with Crippen LogP contribution >= 0.6 is 15.9 Å². The molecule has 86 valence electrons. The van der Waals surface area contributed by atoms with Crippen molar-refractivity contribution >= 4 is 33.2 Å².